The molecular weight excluding hydrogens is 242 g/mol. The number of anilines is 1. The lowest BCUT2D eigenvalue weighted by Crippen LogP contribution is -2.53. The molecule has 1 aliphatic rings. The van der Waals surface area contributed by atoms with Gasteiger partial charge >= 0.3 is 0 Å². The van der Waals surface area contributed by atoms with Crippen molar-refractivity contribution in [2.24, 2.45) is 0 Å². The summed E-state index contributed by atoms with van der Waals surface area (Å²) in [5, 5.41) is 8.58. The van der Waals surface area contributed by atoms with Crippen molar-refractivity contribution >= 4 is 17.5 Å². The molecule has 5 heteroatoms. The zero-order valence-corrected chi connectivity index (χ0v) is 11.0. The van der Waals surface area contributed by atoms with Gasteiger partial charge in [-0.1, -0.05) is 12.1 Å². The van der Waals surface area contributed by atoms with Crippen LogP contribution in [0.4, 0.5) is 5.69 Å². The number of rotatable bonds is 5. The standard InChI is InChI=1S/C14H19N3O2/c1-10-3-2-4-11(9-10)17-13(18)6-8-16-14(19)12-5-7-15-12/h2-4,9,12,15H,5-8H2,1H3,(H,16,19)(H,17,18)/t12-/m1/s1. The molecule has 3 N–H and O–H groups in total. The highest BCUT2D eigenvalue weighted by molar-refractivity contribution is 5.91. The van der Waals surface area contributed by atoms with Gasteiger partial charge in [0, 0.05) is 18.7 Å². The third-order valence-electron chi connectivity index (χ3n) is 3.09. The summed E-state index contributed by atoms with van der Waals surface area (Å²) in [5.74, 6) is -0.109. The third-order valence-corrected chi connectivity index (χ3v) is 3.09. The molecule has 102 valence electrons. The summed E-state index contributed by atoms with van der Waals surface area (Å²) in [5.41, 5.74) is 1.89. The van der Waals surface area contributed by atoms with Gasteiger partial charge in [-0.3, -0.25) is 9.59 Å². The van der Waals surface area contributed by atoms with Crippen LogP contribution < -0.4 is 16.0 Å². The number of carbonyl (C=O) groups is 2. The quantitative estimate of drug-likeness (QED) is 0.734. The molecule has 0 unspecified atom stereocenters. The van der Waals surface area contributed by atoms with Gasteiger partial charge in [-0.25, -0.2) is 0 Å². The van der Waals surface area contributed by atoms with Crippen LogP contribution in [-0.2, 0) is 9.59 Å². The predicted molar refractivity (Wildman–Crippen MR) is 73.8 cm³/mol. The van der Waals surface area contributed by atoms with Gasteiger partial charge in [0.05, 0.1) is 6.04 Å². The number of benzene rings is 1. The van der Waals surface area contributed by atoms with Gasteiger partial charge in [0.1, 0.15) is 0 Å². The summed E-state index contributed by atoms with van der Waals surface area (Å²) in [6, 6.07) is 7.56. The van der Waals surface area contributed by atoms with Crippen LogP contribution in [0.5, 0.6) is 0 Å². The van der Waals surface area contributed by atoms with Crippen molar-refractivity contribution in [3.05, 3.63) is 29.8 Å². The van der Waals surface area contributed by atoms with Crippen LogP contribution in [0.3, 0.4) is 0 Å². The van der Waals surface area contributed by atoms with E-state index < -0.39 is 0 Å². The summed E-state index contributed by atoms with van der Waals surface area (Å²) < 4.78 is 0. The van der Waals surface area contributed by atoms with Crippen LogP contribution in [0.2, 0.25) is 0 Å². The summed E-state index contributed by atoms with van der Waals surface area (Å²) in [7, 11) is 0. The van der Waals surface area contributed by atoms with Gasteiger partial charge in [-0.05, 0) is 37.6 Å². The number of carbonyl (C=O) groups excluding carboxylic acids is 2. The van der Waals surface area contributed by atoms with E-state index in [9.17, 15) is 9.59 Å². The minimum Gasteiger partial charge on any atom is -0.354 e. The van der Waals surface area contributed by atoms with Crippen molar-refractivity contribution in [3.8, 4) is 0 Å². The van der Waals surface area contributed by atoms with Crippen LogP contribution in [0.25, 0.3) is 0 Å². The highest BCUT2D eigenvalue weighted by atomic mass is 16.2. The molecule has 0 bridgehead atoms. The normalized spacial score (nSPS) is 17.4. The molecule has 1 heterocycles. The number of amides is 2. The van der Waals surface area contributed by atoms with Crippen molar-refractivity contribution in [1.82, 2.24) is 10.6 Å². The molecule has 1 aromatic carbocycles. The Kier molecular flexibility index (Phi) is 4.52. The lowest BCUT2D eigenvalue weighted by Gasteiger charge is -2.26. The van der Waals surface area contributed by atoms with Gasteiger partial charge in [0.2, 0.25) is 11.8 Å². The van der Waals surface area contributed by atoms with Crippen molar-refractivity contribution in [3.63, 3.8) is 0 Å². The van der Waals surface area contributed by atoms with E-state index in [0.29, 0.717) is 6.54 Å². The summed E-state index contributed by atoms with van der Waals surface area (Å²) in [6.45, 7) is 3.24. The second-order valence-corrected chi connectivity index (χ2v) is 4.75. The molecule has 0 spiro atoms. The molecule has 2 rings (SSSR count). The predicted octanol–water partition coefficient (Wildman–Crippen LogP) is 0.802. The highest BCUT2D eigenvalue weighted by Crippen LogP contribution is 2.09. The second kappa shape index (κ2) is 6.33. The first-order valence-electron chi connectivity index (χ1n) is 6.53. The fraction of sp³-hybridized carbons (Fsp3) is 0.429. The zero-order valence-electron chi connectivity index (χ0n) is 11.0. The molecule has 1 aliphatic heterocycles. The third kappa shape index (κ3) is 4.06. The molecule has 5 nitrogen and oxygen atoms in total. The maximum Gasteiger partial charge on any atom is 0.237 e. The Morgan fingerprint density at radius 1 is 1.42 bits per heavy atom. The molecule has 2 amide bonds. The Labute approximate surface area is 112 Å². The minimum atomic E-state index is -0.0903. The SMILES string of the molecule is Cc1cccc(NC(=O)CCNC(=O)[C@H]2CCN2)c1. The number of nitrogens with one attached hydrogen (secondary N) is 3. The van der Waals surface area contributed by atoms with Crippen LogP contribution in [0.1, 0.15) is 18.4 Å². The molecule has 1 fully saturated rings. The first-order valence-corrected chi connectivity index (χ1v) is 6.53. The van der Waals surface area contributed by atoms with Crippen LogP contribution in [0, 0.1) is 6.92 Å². The molecule has 1 aromatic rings. The Bertz CT molecular complexity index is 470. The Balaban J connectivity index is 1.68. The van der Waals surface area contributed by atoms with Crippen molar-refractivity contribution in [2.45, 2.75) is 25.8 Å². The molecule has 0 radical (unpaired) electrons. The fourth-order valence-corrected chi connectivity index (χ4v) is 1.88. The van der Waals surface area contributed by atoms with Crippen molar-refractivity contribution in [2.75, 3.05) is 18.4 Å². The monoisotopic (exact) mass is 261 g/mol. The van der Waals surface area contributed by atoms with Gasteiger partial charge < -0.3 is 16.0 Å². The molecule has 0 saturated carbocycles. The molecule has 1 atom stereocenters. The van der Waals surface area contributed by atoms with E-state index in [1.165, 1.54) is 0 Å². The molecule has 1 saturated heterocycles. The Hall–Kier alpha value is -1.88. The van der Waals surface area contributed by atoms with E-state index in [1.807, 2.05) is 31.2 Å². The van der Waals surface area contributed by atoms with E-state index >= 15 is 0 Å². The topological polar surface area (TPSA) is 70.2 Å². The first-order chi connectivity index (χ1) is 9.15. The van der Waals surface area contributed by atoms with Crippen molar-refractivity contribution < 1.29 is 9.59 Å². The van der Waals surface area contributed by atoms with Gasteiger partial charge in [0.15, 0.2) is 0 Å². The van der Waals surface area contributed by atoms with E-state index in [0.717, 1.165) is 24.2 Å². The number of hydrogen-bond acceptors (Lipinski definition) is 3. The summed E-state index contributed by atoms with van der Waals surface area (Å²) >= 11 is 0. The van der Waals surface area contributed by atoms with Crippen LogP contribution >= 0.6 is 0 Å². The molecule has 0 aliphatic carbocycles. The molecule has 19 heavy (non-hydrogen) atoms. The molecular formula is C14H19N3O2. The second-order valence-electron chi connectivity index (χ2n) is 4.75. The fourth-order valence-electron chi connectivity index (χ4n) is 1.88. The summed E-state index contributed by atoms with van der Waals surface area (Å²) in [6.07, 6.45) is 1.16. The molecule has 0 aromatic heterocycles. The van der Waals surface area contributed by atoms with Crippen LogP contribution in [0.15, 0.2) is 24.3 Å². The van der Waals surface area contributed by atoms with E-state index in [1.54, 1.807) is 0 Å². The zero-order chi connectivity index (χ0) is 13.7. The van der Waals surface area contributed by atoms with E-state index in [2.05, 4.69) is 16.0 Å². The number of hydrogen-bond donors (Lipinski definition) is 3. The van der Waals surface area contributed by atoms with Crippen molar-refractivity contribution in [1.29, 1.82) is 0 Å². The lowest BCUT2D eigenvalue weighted by atomic mass is 10.1. The maximum absolute atomic E-state index is 11.7. The first kappa shape index (κ1) is 13.5. The largest absolute Gasteiger partial charge is 0.354 e. The van der Waals surface area contributed by atoms with Gasteiger partial charge in [-0.2, -0.15) is 0 Å². The minimum absolute atomic E-state index is 0.0189. The van der Waals surface area contributed by atoms with Gasteiger partial charge in [-0.15, -0.1) is 0 Å². The lowest BCUT2D eigenvalue weighted by molar-refractivity contribution is -0.124. The van der Waals surface area contributed by atoms with E-state index in [-0.39, 0.29) is 24.3 Å². The average molecular weight is 261 g/mol. The Morgan fingerprint density at radius 3 is 2.84 bits per heavy atom. The Morgan fingerprint density at radius 2 is 2.21 bits per heavy atom. The number of aryl methyl sites for hydroxylation is 1. The maximum atomic E-state index is 11.7. The van der Waals surface area contributed by atoms with Crippen LogP contribution in [-0.4, -0.2) is 30.9 Å². The van der Waals surface area contributed by atoms with E-state index in [4.69, 9.17) is 0 Å². The highest BCUT2D eigenvalue weighted by Gasteiger charge is 2.23. The smallest absolute Gasteiger partial charge is 0.237 e. The summed E-state index contributed by atoms with van der Waals surface area (Å²) in [4.78, 5) is 23.2. The average Bonchev–Trinajstić information content (AvgIpc) is 2.26. The van der Waals surface area contributed by atoms with Gasteiger partial charge in [0.25, 0.3) is 0 Å².